The molecule has 0 spiro atoms. The molecule has 1 rings (SSSR count). The third-order valence-corrected chi connectivity index (χ3v) is 2.95. The van der Waals surface area contributed by atoms with Crippen LogP contribution in [0.3, 0.4) is 0 Å². The van der Waals surface area contributed by atoms with Gasteiger partial charge in [0.15, 0.2) is 0 Å². The molecule has 1 aromatic rings. The van der Waals surface area contributed by atoms with Crippen LogP contribution < -0.4 is 10.6 Å². The van der Waals surface area contributed by atoms with Gasteiger partial charge >= 0.3 is 12.0 Å². The van der Waals surface area contributed by atoms with Gasteiger partial charge in [-0.05, 0) is 50.5 Å². The summed E-state index contributed by atoms with van der Waals surface area (Å²) < 4.78 is 0. The molecule has 0 aliphatic rings. The zero-order valence-electron chi connectivity index (χ0n) is 11.7. The lowest BCUT2D eigenvalue weighted by atomic mass is 10.1. The van der Waals surface area contributed by atoms with E-state index in [0.29, 0.717) is 5.69 Å². The summed E-state index contributed by atoms with van der Waals surface area (Å²) in [7, 11) is 0. The number of aliphatic carboxylic acids is 1. The van der Waals surface area contributed by atoms with Gasteiger partial charge in [-0.2, -0.15) is 0 Å². The van der Waals surface area contributed by atoms with E-state index >= 15 is 0 Å². The van der Waals surface area contributed by atoms with E-state index in [9.17, 15) is 9.59 Å². The van der Waals surface area contributed by atoms with Crippen LogP contribution >= 0.6 is 0 Å². The van der Waals surface area contributed by atoms with Crippen molar-refractivity contribution in [2.24, 2.45) is 0 Å². The molecule has 0 saturated heterocycles. The van der Waals surface area contributed by atoms with Crippen molar-refractivity contribution in [2.75, 3.05) is 5.32 Å². The Morgan fingerprint density at radius 2 is 1.95 bits per heavy atom. The maximum Gasteiger partial charge on any atom is 0.328 e. The van der Waals surface area contributed by atoms with E-state index in [1.165, 1.54) is 19.4 Å². The van der Waals surface area contributed by atoms with Crippen molar-refractivity contribution < 1.29 is 14.7 Å². The maximum atomic E-state index is 11.7. The number of rotatable bonds is 4. The second-order valence-electron chi connectivity index (χ2n) is 5.00. The zero-order chi connectivity index (χ0) is 14.6. The molecule has 3 N–H and O–H groups in total. The third kappa shape index (κ3) is 3.98. The molecule has 5 heteroatoms. The number of carboxylic acid groups (broad SMARTS) is 1. The van der Waals surface area contributed by atoms with Gasteiger partial charge in [0.2, 0.25) is 0 Å². The Morgan fingerprint density at radius 1 is 1.32 bits per heavy atom. The lowest BCUT2D eigenvalue weighted by molar-refractivity contribution is -0.142. The van der Waals surface area contributed by atoms with E-state index in [1.807, 2.05) is 26.0 Å². The van der Waals surface area contributed by atoms with Crippen molar-refractivity contribution >= 4 is 17.7 Å². The normalized spacial score (nSPS) is 10.9. The molecular weight excluding hydrogens is 244 g/mol. The molecule has 0 aromatic heterocycles. The molecule has 0 fully saturated rings. The Bertz CT molecular complexity index is 495. The number of benzene rings is 1. The predicted octanol–water partition coefficient (Wildman–Crippen LogP) is 2.54. The standard InChI is InChI=1S/C14H20N2O3/c1-5-10-8-11(7-6-9(10)2)15-13(19)16-14(3,4)12(17)18/h6-8H,5H2,1-4H3,(H,17,18)(H2,15,16,19). The molecule has 0 unspecified atom stereocenters. The number of carbonyl (C=O) groups is 2. The van der Waals surface area contributed by atoms with Crippen LogP contribution in [0.25, 0.3) is 0 Å². The summed E-state index contributed by atoms with van der Waals surface area (Å²) in [4.78, 5) is 22.6. The summed E-state index contributed by atoms with van der Waals surface area (Å²) in [5.74, 6) is -1.08. The third-order valence-electron chi connectivity index (χ3n) is 2.95. The van der Waals surface area contributed by atoms with Gasteiger partial charge in [0.25, 0.3) is 0 Å². The summed E-state index contributed by atoms with van der Waals surface area (Å²) in [6, 6.07) is 5.08. The van der Waals surface area contributed by atoms with E-state index in [0.717, 1.165) is 12.0 Å². The lowest BCUT2D eigenvalue weighted by Gasteiger charge is -2.21. The Kier molecular flexibility index (Phi) is 4.53. The first-order chi connectivity index (χ1) is 8.76. The number of aryl methyl sites for hydroxylation is 2. The Labute approximate surface area is 113 Å². The number of hydrogen-bond donors (Lipinski definition) is 3. The van der Waals surface area contributed by atoms with E-state index in [2.05, 4.69) is 10.6 Å². The number of carboxylic acids is 1. The number of urea groups is 1. The fraction of sp³-hybridized carbons (Fsp3) is 0.429. The molecule has 19 heavy (non-hydrogen) atoms. The molecule has 1 aromatic carbocycles. The van der Waals surface area contributed by atoms with Crippen LogP contribution in [0.1, 0.15) is 31.9 Å². The molecule has 0 heterocycles. The first-order valence-corrected chi connectivity index (χ1v) is 6.18. The van der Waals surface area contributed by atoms with Gasteiger partial charge < -0.3 is 15.7 Å². The molecule has 0 aliphatic carbocycles. The molecular formula is C14H20N2O3. The summed E-state index contributed by atoms with van der Waals surface area (Å²) in [5, 5.41) is 14.0. The smallest absolute Gasteiger partial charge is 0.328 e. The second-order valence-corrected chi connectivity index (χ2v) is 5.00. The fourth-order valence-corrected chi connectivity index (χ4v) is 1.63. The summed E-state index contributed by atoms with van der Waals surface area (Å²) in [6.45, 7) is 6.92. The van der Waals surface area contributed by atoms with Crippen molar-refractivity contribution in [3.63, 3.8) is 0 Å². The first kappa shape index (κ1) is 15.0. The minimum atomic E-state index is -1.30. The van der Waals surface area contributed by atoms with Gasteiger partial charge in [0.05, 0.1) is 0 Å². The zero-order valence-corrected chi connectivity index (χ0v) is 11.7. The molecule has 0 bridgehead atoms. The fourth-order valence-electron chi connectivity index (χ4n) is 1.63. The molecule has 0 saturated carbocycles. The van der Waals surface area contributed by atoms with Crippen molar-refractivity contribution in [1.29, 1.82) is 0 Å². The van der Waals surface area contributed by atoms with Crippen LogP contribution in [0.15, 0.2) is 18.2 Å². The Hall–Kier alpha value is -2.04. The van der Waals surface area contributed by atoms with Gasteiger partial charge in [0, 0.05) is 5.69 Å². The van der Waals surface area contributed by atoms with Gasteiger partial charge in [-0.25, -0.2) is 9.59 Å². The van der Waals surface area contributed by atoms with E-state index in [-0.39, 0.29) is 0 Å². The lowest BCUT2D eigenvalue weighted by Crippen LogP contribution is -2.51. The van der Waals surface area contributed by atoms with Gasteiger partial charge in [-0.15, -0.1) is 0 Å². The quantitative estimate of drug-likeness (QED) is 0.782. The topological polar surface area (TPSA) is 78.4 Å². The van der Waals surface area contributed by atoms with Crippen LogP contribution in [0.5, 0.6) is 0 Å². The van der Waals surface area contributed by atoms with Crippen LogP contribution in [-0.2, 0) is 11.2 Å². The highest BCUT2D eigenvalue weighted by Crippen LogP contribution is 2.16. The van der Waals surface area contributed by atoms with E-state index < -0.39 is 17.5 Å². The number of amides is 2. The minimum Gasteiger partial charge on any atom is -0.480 e. The van der Waals surface area contributed by atoms with Crippen LogP contribution in [0.4, 0.5) is 10.5 Å². The number of carbonyl (C=O) groups excluding carboxylic acids is 1. The van der Waals surface area contributed by atoms with Gasteiger partial charge in [-0.1, -0.05) is 13.0 Å². The SMILES string of the molecule is CCc1cc(NC(=O)NC(C)(C)C(=O)O)ccc1C. The number of hydrogen-bond acceptors (Lipinski definition) is 2. The predicted molar refractivity (Wildman–Crippen MR) is 74.4 cm³/mol. The molecule has 0 atom stereocenters. The largest absolute Gasteiger partial charge is 0.480 e. The van der Waals surface area contributed by atoms with Crippen molar-refractivity contribution in [3.8, 4) is 0 Å². The number of nitrogens with one attached hydrogen (secondary N) is 2. The highest BCUT2D eigenvalue weighted by molar-refractivity contribution is 5.93. The number of anilines is 1. The summed E-state index contributed by atoms with van der Waals surface area (Å²) in [6.07, 6.45) is 0.879. The second kappa shape index (κ2) is 5.73. The van der Waals surface area contributed by atoms with Crippen LogP contribution in [-0.4, -0.2) is 22.6 Å². The highest BCUT2D eigenvalue weighted by atomic mass is 16.4. The minimum absolute atomic E-state index is 0.529. The van der Waals surface area contributed by atoms with Crippen LogP contribution in [0.2, 0.25) is 0 Å². The van der Waals surface area contributed by atoms with Crippen LogP contribution in [0, 0.1) is 6.92 Å². The van der Waals surface area contributed by atoms with Gasteiger partial charge in [-0.3, -0.25) is 0 Å². The van der Waals surface area contributed by atoms with Crippen molar-refractivity contribution in [3.05, 3.63) is 29.3 Å². The Morgan fingerprint density at radius 3 is 2.47 bits per heavy atom. The van der Waals surface area contributed by atoms with Crippen molar-refractivity contribution in [1.82, 2.24) is 5.32 Å². The highest BCUT2D eigenvalue weighted by Gasteiger charge is 2.28. The molecule has 0 aliphatic heterocycles. The Balaban J connectivity index is 2.75. The maximum absolute atomic E-state index is 11.7. The van der Waals surface area contributed by atoms with E-state index in [4.69, 9.17) is 5.11 Å². The monoisotopic (exact) mass is 264 g/mol. The summed E-state index contributed by atoms with van der Waals surface area (Å²) in [5.41, 5.74) is 1.67. The molecule has 2 amide bonds. The van der Waals surface area contributed by atoms with Crippen molar-refractivity contribution in [2.45, 2.75) is 39.7 Å². The average Bonchev–Trinajstić information content (AvgIpc) is 2.30. The molecule has 0 radical (unpaired) electrons. The molecule has 5 nitrogen and oxygen atoms in total. The first-order valence-electron chi connectivity index (χ1n) is 6.18. The van der Waals surface area contributed by atoms with Gasteiger partial charge in [0.1, 0.15) is 5.54 Å². The average molecular weight is 264 g/mol. The summed E-state index contributed by atoms with van der Waals surface area (Å²) >= 11 is 0. The molecule has 104 valence electrons. The van der Waals surface area contributed by atoms with E-state index in [1.54, 1.807) is 6.07 Å².